The number of para-hydroxylation sites is 3. The van der Waals surface area contributed by atoms with Crippen molar-refractivity contribution in [2.75, 3.05) is 38.2 Å². The summed E-state index contributed by atoms with van der Waals surface area (Å²) in [6, 6.07) is 24.3. The Morgan fingerprint density at radius 3 is 2.38 bits per heavy atom. The Bertz CT molecular complexity index is 1290. The number of nitrogens with zero attached hydrogens (tertiary/aromatic N) is 3. The molecule has 1 fully saturated rings. The average molecular weight is 474 g/mol. The molecular formula is C28H28ClN3O2. The molecule has 0 saturated carbocycles. The van der Waals surface area contributed by atoms with Crippen LogP contribution in [0.5, 0.6) is 5.75 Å². The van der Waals surface area contributed by atoms with Crippen LogP contribution in [0.2, 0.25) is 5.02 Å². The summed E-state index contributed by atoms with van der Waals surface area (Å²) in [5, 5.41) is 1.87. The monoisotopic (exact) mass is 473 g/mol. The molecule has 0 radical (unpaired) electrons. The molecule has 0 spiro atoms. The minimum absolute atomic E-state index is 0.175. The van der Waals surface area contributed by atoms with Crippen molar-refractivity contribution in [3.8, 4) is 5.75 Å². The summed E-state index contributed by atoms with van der Waals surface area (Å²) in [6.07, 6.45) is 2.53. The predicted octanol–water partition coefficient (Wildman–Crippen LogP) is 5.24. The van der Waals surface area contributed by atoms with Crippen molar-refractivity contribution in [3.05, 3.63) is 95.1 Å². The van der Waals surface area contributed by atoms with Crippen molar-refractivity contribution in [1.29, 1.82) is 0 Å². The minimum Gasteiger partial charge on any atom is -0.495 e. The largest absolute Gasteiger partial charge is 0.495 e. The maximum Gasteiger partial charge on any atom is 0.227 e. The van der Waals surface area contributed by atoms with Gasteiger partial charge in [-0.05, 0) is 41.5 Å². The lowest BCUT2D eigenvalue weighted by Crippen LogP contribution is -2.49. The van der Waals surface area contributed by atoms with E-state index in [0.717, 1.165) is 52.6 Å². The van der Waals surface area contributed by atoms with Crippen LogP contribution in [-0.4, -0.2) is 48.7 Å². The SMILES string of the molecule is COc1ccccc1N1CCN(C(=O)Cc2cn(Cc3ccc(Cl)cc3)c3ccccc23)CC1. The third kappa shape index (κ3) is 4.62. The van der Waals surface area contributed by atoms with Crippen LogP contribution in [0.4, 0.5) is 5.69 Å². The van der Waals surface area contributed by atoms with E-state index >= 15 is 0 Å². The molecule has 1 aliphatic rings. The quantitative estimate of drug-likeness (QED) is 0.384. The Labute approximate surface area is 205 Å². The lowest BCUT2D eigenvalue weighted by molar-refractivity contribution is -0.130. The number of aromatic nitrogens is 1. The molecule has 3 aromatic carbocycles. The Morgan fingerprint density at radius 2 is 1.62 bits per heavy atom. The van der Waals surface area contributed by atoms with Crippen LogP contribution in [0.1, 0.15) is 11.1 Å². The van der Waals surface area contributed by atoms with Gasteiger partial charge in [0.1, 0.15) is 5.75 Å². The van der Waals surface area contributed by atoms with Crippen molar-refractivity contribution in [3.63, 3.8) is 0 Å². The van der Waals surface area contributed by atoms with Gasteiger partial charge in [0.15, 0.2) is 0 Å². The maximum absolute atomic E-state index is 13.2. The first-order chi connectivity index (χ1) is 16.6. The maximum atomic E-state index is 13.2. The highest BCUT2D eigenvalue weighted by molar-refractivity contribution is 6.30. The predicted molar refractivity (Wildman–Crippen MR) is 138 cm³/mol. The van der Waals surface area contributed by atoms with E-state index in [4.69, 9.17) is 16.3 Å². The van der Waals surface area contributed by atoms with E-state index in [-0.39, 0.29) is 5.91 Å². The number of piperazine rings is 1. The molecule has 0 unspecified atom stereocenters. The van der Waals surface area contributed by atoms with Crippen LogP contribution in [0, 0.1) is 0 Å². The second-order valence-corrected chi connectivity index (χ2v) is 9.08. The summed E-state index contributed by atoms with van der Waals surface area (Å²) in [6.45, 7) is 3.75. The Morgan fingerprint density at radius 1 is 0.912 bits per heavy atom. The van der Waals surface area contributed by atoms with Gasteiger partial charge in [-0.3, -0.25) is 4.79 Å². The molecular weight excluding hydrogens is 446 g/mol. The van der Waals surface area contributed by atoms with Crippen LogP contribution >= 0.6 is 11.6 Å². The average Bonchev–Trinajstić information content (AvgIpc) is 3.22. The van der Waals surface area contributed by atoms with E-state index < -0.39 is 0 Å². The molecule has 1 saturated heterocycles. The third-order valence-electron chi connectivity index (χ3n) is 6.54. The number of hydrogen-bond donors (Lipinski definition) is 0. The number of methoxy groups -OCH3 is 1. The van der Waals surface area contributed by atoms with E-state index in [0.29, 0.717) is 19.5 Å². The molecule has 34 heavy (non-hydrogen) atoms. The smallest absolute Gasteiger partial charge is 0.227 e. The van der Waals surface area contributed by atoms with E-state index in [2.05, 4.69) is 33.9 Å². The molecule has 2 heterocycles. The van der Waals surface area contributed by atoms with Crippen LogP contribution in [0.25, 0.3) is 10.9 Å². The fourth-order valence-electron chi connectivity index (χ4n) is 4.74. The highest BCUT2D eigenvalue weighted by Gasteiger charge is 2.24. The minimum atomic E-state index is 0.175. The van der Waals surface area contributed by atoms with E-state index in [9.17, 15) is 4.79 Å². The van der Waals surface area contributed by atoms with Gasteiger partial charge in [-0.15, -0.1) is 0 Å². The molecule has 5 rings (SSSR count). The first-order valence-corrected chi connectivity index (χ1v) is 12.0. The van der Waals surface area contributed by atoms with Crippen LogP contribution in [0.15, 0.2) is 79.0 Å². The summed E-state index contributed by atoms with van der Waals surface area (Å²) >= 11 is 6.05. The summed E-state index contributed by atoms with van der Waals surface area (Å²) in [5.41, 5.74) is 4.47. The second-order valence-electron chi connectivity index (χ2n) is 8.64. The first kappa shape index (κ1) is 22.4. The topological polar surface area (TPSA) is 37.7 Å². The Hall–Kier alpha value is -3.44. The number of fused-ring (bicyclic) bond motifs is 1. The first-order valence-electron chi connectivity index (χ1n) is 11.6. The molecule has 0 aliphatic carbocycles. The van der Waals surface area contributed by atoms with Crippen molar-refractivity contribution in [2.45, 2.75) is 13.0 Å². The molecule has 5 nitrogen and oxygen atoms in total. The van der Waals surface area contributed by atoms with E-state index in [1.807, 2.05) is 59.5 Å². The zero-order chi connectivity index (χ0) is 23.5. The molecule has 1 aliphatic heterocycles. The number of ether oxygens (including phenoxy) is 1. The third-order valence-corrected chi connectivity index (χ3v) is 6.79. The molecule has 1 aromatic heterocycles. The lowest BCUT2D eigenvalue weighted by Gasteiger charge is -2.36. The van der Waals surface area contributed by atoms with Crippen molar-refractivity contribution in [1.82, 2.24) is 9.47 Å². The van der Waals surface area contributed by atoms with Gasteiger partial charge in [0.2, 0.25) is 5.91 Å². The number of amides is 1. The number of carbonyl (C=O) groups is 1. The highest BCUT2D eigenvalue weighted by Crippen LogP contribution is 2.29. The van der Waals surface area contributed by atoms with Gasteiger partial charge < -0.3 is 19.1 Å². The number of halogens is 1. The standard InChI is InChI=1S/C28H28ClN3O2/c1-34-27-9-5-4-8-26(27)30-14-16-31(17-15-30)28(33)18-22-20-32(25-7-3-2-6-24(22)25)19-21-10-12-23(29)13-11-21/h2-13,20H,14-19H2,1H3. The summed E-state index contributed by atoms with van der Waals surface area (Å²) < 4.78 is 7.74. The lowest BCUT2D eigenvalue weighted by atomic mass is 10.1. The van der Waals surface area contributed by atoms with Crippen LogP contribution in [-0.2, 0) is 17.8 Å². The van der Waals surface area contributed by atoms with Gasteiger partial charge in [0, 0.05) is 54.8 Å². The van der Waals surface area contributed by atoms with E-state index in [1.165, 1.54) is 5.56 Å². The van der Waals surface area contributed by atoms with Gasteiger partial charge in [-0.1, -0.05) is 54.1 Å². The second kappa shape index (κ2) is 9.82. The van der Waals surface area contributed by atoms with Crippen LogP contribution in [0.3, 0.4) is 0 Å². The molecule has 174 valence electrons. The normalized spacial score (nSPS) is 13.9. The van der Waals surface area contributed by atoms with Crippen LogP contribution < -0.4 is 9.64 Å². The Kier molecular flexibility index (Phi) is 6.45. The molecule has 6 heteroatoms. The zero-order valence-electron chi connectivity index (χ0n) is 19.3. The molecule has 0 atom stereocenters. The molecule has 4 aromatic rings. The van der Waals surface area contributed by atoms with Crippen molar-refractivity contribution >= 4 is 34.1 Å². The number of carbonyl (C=O) groups excluding carboxylic acids is 1. The van der Waals surface area contributed by atoms with E-state index in [1.54, 1.807) is 7.11 Å². The van der Waals surface area contributed by atoms with Crippen molar-refractivity contribution in [2.24, 2.45) is 0 Å². The molecule has 1 amide bonds. The number of rotatable bonds is 6. The molecule has 0 N–H and O–H groups in total. The highest BCUT2D eigenvalue weighted by atomic mass is 35.5. The van der Waals surface area contributed by atoms with Gasteiger partial charge in [-0.2, -0.15) is 0 Å². The fraction of sp³-hybridized carbons (Fsp3) is 0.250. The van der Waals surface area contributed by atoms with Gasteiger partial charge in [0.25, 0.3) is 0 Å². The number of anilines is 1. The number of hydrogen-bond acceptors (Lipinski definition) is 3. The summed E-state index contributed by atoms with van der Waals surface area (Å²) in [7, 11) is 1.70. The van der Waals surface area contributed by atoms with Gasteiger partial charge >= 0.3 is 0 Å². The zero-order valence-corrected chi connectivity index (χ0v) is 20.0. The van der Waals surface area contributed by atoms with Gasteiger partial charge in [0.05, 0.1) is 19.2 Å². The molecule has 0 bridgehead atoms. The van der Waals surface area contributed by atoms with Crippen molar-refractivity contribution < 1.29 is 9.53 Å². The summed E-state index contributed by atoms with van der Waals surface area (Å²) in [4.78, 5) is 17.5. The summed E-state index contributed by atoms with van der Waals surface area (Å²) in [5.74, 6) is 1.05. The number of benzene rings is 3. The Balaban J connectivity index is 1.29. The van der Waals surface area contributed by atoms with Gasteiger partial charge in [-0.25, -0.2) is 0 Å². The fourth-order valence-corrected chi connectivity index (χ4v) is 4.87.